The zero-order valence-corrected chi connectivity index (χ0v) is 17.5. The molecule has 1 fully saturated rings. The molecule has 8 heteroatoms. The van der Waals surface area contributed by atoms with E-state index in [-0.39, 0.29) is 17.6 Å². The molecule has 3 rings (SSSR count). The number of hydrogen-bond donors (Lipinski definition) is 2. The number of aromatic carboxylic acids is 1. The van der Waals surface area contributed by atoms with Crippen LogP contribution in [0.3, 0.4) is 0 Å². The average molecular weight is 420 g/mol. The second kappa shape index (κ2) is 10.0. The van der Waals surface area contributed by atoms with Crippen molar-refractivity contribution in [1.29, 1.82) is 0 Å². The Morgan fingerprint density at radius 2 is 2.21 bits per heavy atom. The smallest absolute Gasteiger partial charge is 0.355 e. The van der Waals surface area contributed by atoms with E-state index in [0.717, 1.165) is 29.6 Å². The van der Waals surface area contributed by atoms with Crippen LogP contribution in [-0.2, 0) is 4.79 Å². The van der Waals surface area contributed by atoms with E-state index < -0.39 is 5.97 Å². The summed E-state index contributed by atoms with van der Waals surface area (Å²) in [6.45, 7) is 4.55. The third kappa shape index (κ3) is 5.56. The van der Waals surface area contributed by atoms with E-state index >= 15 is 0 Å². The van der Waals surface area contributed by atoms with Gasteiger partial charge in [-0.3, -0.25) is 4.79 Å². The molecule has 0 bridgehead atoms. The fourth-order valence-corrected chi connectivity index (χ4v) is 5.14. The minimum atomic E-state index is -1.01. The summed E-state index contributed by atoms with van der Waals surface area (Å²) >= 11 is 2.84. The highest BCUT2D eigenvalue weighted by Crippen LogP contribution is 2.25. The van der Waals surface area contributed by atoms with Gasteiger partial charge >= 0.3 is 5.97 Å². The van der Waals surface area contributed by atoms with Gasteiger partial charge in [-0.05, 0) is 17.9 Å². The van der Waals surface area contributed by atoms with Crippen molar-refractivity contribution in [3.05, 3.63) is 47.0 Å². The molecule has 1 aliphatic rings. The molecule has 150 valence electrons. The predicted octanol–water partition coefficient (Wildman–Crippen LogP) is 3.32. The molecule has 1 aliphatic heterocycles. The molecule has 0 spiro atoms. The van der Waals surface area contributed by atoms with Crippen molar-refractivity contribution in [2.24, 2.45) is 0 Å². The van der Waals surface area contributed by atoms with Crippen molar-refractivity contribution in [3.63, 3.8) is 0 Å². The molecule has 0 aliphatic carbocycles. The van der Waals surface area contributed by atoms with Gasteiger partial charge in [0.05, 0.1) is 0 Å². The fourth-order valence-electron chi connectivity index (χ4n) is 3.33. The van der Waals surface area contributed by atoms with Crippen LogP contribution in [0.2, 0.25) is 0 Å². The number of amides is 1. The Labute approximate surface area is 173 Å². The van der Waals surface area contributed by atoms with Gasteiger partial charge in [0, 0.05) is 43.2 Å². The summed E-state index contributed by atoms with van der Waals surface area (Å²) in [5.41, 5.74) is 1.40. The lowest BCUT2D eigenvalue weighted by Crippen LogP contribution is -2.41. The van der Waals surface area contributed by atoms with Crippen molar-refractivity contribution in [1.82, 2.24) is 15.2 Å². The highest BCUT2D eigenvalue weighted by molar-refractivity contribution is 8.01. The maximum absolute atomic E-state index is 12.2. The number of nitrogens with zero attached hydrogens (tertiary/aromatic N) is 2. The van der Waals surface area contributed by atoms with Gasteiger partial charge in [-0.25, -0.2) is 9.78 Å². The van der Waals surface area contributed by atoms with Gasteiger partial charge in [0.2, 0.25) is 5.91 Å². The van der Waals surface area contributed by atoms with Gasteiger partial charge in [0.15, 0.2) is 10.0 Å². The molecule has 1 aromatic carbocycles. The van der Waals surface area contributed by atoms with Gasteiger partial charge in [0.1, 0.15) is 0 Å². The van der Waals surface area contributed by atoms with Crippen LogP contribution in [0.1, 0.15) is 41.7 Å². The van der Waals surface area contributed by atoms with Crippen LogP contribution in [0, 0.1) is 0 Å². The zero-order chi connectivity index (χ0) is 19.9. The van der Waals surface area contributed by atoms with Crippen LogP contribution in [0.15, 0.2) is 40.1 Å². The van der Waals surface area contributed by atoms with Crippen molar-refractivity contribution in [2.45, 2.75) is 36.1 Å². The summed E-state index contributed by atoms with van der Waals surface area (Å²) in [4.78, 5) is 29.2. The van der Waals surface area contributed by atoms with Crippen LogP contribution in [-0.4, -0.2) is 58.3 Å². The topological polar surface area (TPSA) is 82.5 Å². The first-order chi connectivity index (χ1) is 13.5. The molecule has 1 saturated heterocycles. The molecule has 0 radical (unpaired) electrons. The molecule has 2 heterocycles. The Kier molecular flexibility index (Phi) is 7.47. The summed E-state index contributed by atoms with van der Waals surface area (Å²) in [5, 5.41) is 14.0. The van der Waals surface area contributed by atoms with Gasteiger partial charge in [0.25, 0.3) is 0 Å². The number of carbonyl (C=O) groups is 2. The van der Waals surface area contributed by atoms with Gasteiger partial charge in [-0.15, -0.1) is 11.3 Å². The Balaban J connectivity index is 1.43. The summed E-state index contributed by atoms with van der Waals surface area (Å²) in [6, 6.07) is 10.7. The number of carboxylic acids is 1. The first kappa shape index (κ1) is 20.8. The molecule has 2 atom stereocenters. The Morgan fingerprint density at radius 1 is 1.43 bits per heavy atom. The van der Waals surface area contributed by atoms with E-state index in [1.807, 2.05) is 11.0 Å². The number of nitrogens with one attached hydrogen (secondary N) is 1. The quantitative estimate of drug-likeness (QED) is 0.575. The average Bonchev–Trinajstić information content (AvgIpc) is 3.30. The number of thiazole rings is 1. The third-order valence-corrected chi connectivity index (χ3v) is 6.91. The van der Waals surface area contributed by atoms with E-state index in [9.17, 15) is 9.59 Å². The first-order valence-corrected chi connectivity index (χ1v) is 11.3. The molecule has 0 saturated carbocycles. The number of hydrogen-bond acceptors (Lipinski definition) is 6. The standard InChI is InChI=1S/C20H25N3O3S2/c1-14(15-5-3-2-4-6-15)11-21-12-16-7-8-18(24)23(16)9-10-27-20-22-17(13-28-20)19(25)26/h2-6,13-14,16,21H,7-12H2,1H3,(H,25,26)/t14-,16+/m0/s1. The lowest BCUT2D eigenvalue weighted by Gasteiger charge is -2.25. The summed E-state index contributed by atoms with van der Waals surface area (Å²) in [7, 11) is 0. The summed E-state index contributed by atoms with van der Waals surface area (Å²) < 4.78 is 0.732. The number of carboxylic acid groups (broad SMARTS) is 1. The van der Waals surface area contributed by atoms with E-state index in [0.29, 0.717) is 18.9 Å². The number of aromatic nitrogens is 1. The Bertz CT molecular complexity index is 797. The molecule has 2 N–H and O–H groups in total. The van der Waals surface area contributed by atoms with E-state index in [2.05, 4.69) is 41.5 Å². The number of benzene rings is 1. The normalized spacial score (nSPS) is 17.8. The van der Waals surface area contributed by atoms with Crippen molar-refractivity contribution >= 4 is 35.0 Å². The minimum Gasteiger partial charge on any atom is -0.476 e. The molecule has 2 aromatic rings. The van der Waals surface area contributed by atoms with E-state index in [1.54, 1.807) is 5.38 Å². The number of likely N-dealkylation sites (tertiary alicyclic amines) is 1. The van der Waals surface area contributed by atoms with Crippen LogP contribution < -0.4 is 5.32 Å². The Morgan fingerprint density at radius 3 is 2.93 bits per heavy atom. The highest BCUT2D eigenvalue weighted by atomic mass is 32.2. The van der Waals surface area contributed by atoms with Gasteiger partial charge < -0.3 is 15.3 Å². The molecular weight excluding hydrogens is 394 g/mol. The van der Waals surface area contributed by atoms with Crippen molar-refractivity contribution in [2.75, 3.05) is 25.4 Å². The van der Waals surface area contributed by atoms with Crippen LogP contribution in [0.4, 0.5) is 0 Å². The molecular formula is C20H25N3O3S2. The second-order valence-corrected chi connectivity index (χ2v) is 9.10. The molecule has 1 aromatic heterocycles. The summed E-state index contributed by atoms with van der Waals surface area (Å²) in [5.74, 6) is 0.341. The third-order valence-electron chi connectivity index (χ3n) is 4.91. The SMILES string of the molecule is C[C@@H](CNC[C@H]1CCC(=O)N1CCSc1nc(C(=O)O)cs1)c1ccccc1. The molecule has 28 heavy (non-hydrogen) atoms. The highest BCUT2D eigenvalue weighted by Gasteiger charge is 2.30. The molecule has 0 unspecified atom stereocenters. The zero-order valence-electron chi connectivity index (χ0n) is 15.8. The van der Waals surface area contributed by atoms with E-state index in [4.69, 9.17) is 5.11 Å². The number of rotatable bonds is 10. The predicted molar refractivity (Wildman–Crippen MR) is 112 cm³/mol. The lowest BCUT2D eigenvalue weighted by atomic mass is 10.0. The number of carbonyl (C=O) groups excluding carboxylic acids is 1. The molecule has 1 amide bonds. The van der Waals surface area contributed by atoms with Crippen molar-refractivity contribution in [3.8, 4) is 0 Å². The second-order valence-electron chi connectivity index (χ2n) is 6.90. The monoisotopic (exact) mass is 419 g/mol. The first-order valence-electron chi connectivity index (χ1n) is 9.41. The number of thioether (sulfide) groups is 1. The maximum Gasteiger partial charge on any atom is 0.355 e. The van der Waals surface area contributed by atoms with Crippen LogP contribution in [0.25, 0.3) is 0 Å². The van der Waals surface area contributed by atoms with Crippen molar-refractivity contribution < 1.29 is 14.7 Å². The largest absolute Gasteiger partial charge is 0.476 e. The Hall–Kier alpha value is -1.90. The maximum atomic E-state index is 12.2. The van der Waals surface area contributed by atoms with E-state index in [1.165, 1.54) is 28.7 Å². The summed E-state index contributed by atoms with van der Waals surface area (Å²) in [6.07, 6.45) is 1.49. The van der Waals surface area contributed by atoms with Crippen LogP contribution in [0.5, 0.6) is 0 Å². The molecule has 6 nitrogen and oxygen atoms in total. The van der Waals surface area contributed by atoms with Gasteiger partial charge in [-0.2, -0.15) is 0 Å². The van der Waals surface area contributed by atoms with Crippen LogP contribution >= 0.6 is 23.1 Å². The lowest BCUT2D eigenvalue weighted by molar-refractivity contribution is -0.128. The minimum absolute atomic E-state index is 0.0827. The fraction of sp³-hybridized carbons (Fsp3) is 0.450. The van der Waals surface area contributed by atoms with Gasteiger partial charge in [-0.1, -0.05) is 49.0 Å².